The molecule has 0 radical (unpaired) electrons. The van der Waals surface area contributed by atoms with Crippen LogP contribution in [-0.2, 0) is 25.6 Å². The van der Waals surface area contributed by atoms with Crippen LogP contribution in [0.25, 0.3) is 11.2 Å². The number of anilines is 1. The summed E-state index contributed by atoms with van der Waals surface area (Å²) >= 11 is 0. The van der Waals surface area contributed by atoms with Gasteiger partial charge in [0.1, 0.15) is 11.6 Å². The van der Waals surface area contributed by atoms with Crippen LogP contribution in [0.5, 0.6) is 0 Å². The number of rotatable bonds is 12. The van der Waals surface area contributed by atoms with Crippen molar-refractivity contribution in [2.24, 2.45) is 17.6 Å². The van der Waals surface area contributed by atoms with Gasteiger partial charge in [0.2, 0.25) is 5.95 Å². The summed E-state index contributed by atoms with van der Waals surface area (Å²) < 4.78 is 12.6. The number of carbonyl (C=O) groups is 2. The second kappa shape index (κ2) is 11.4. The van der Waals surface area contributed by atoms with E-state index in [2.05, 4.69) is 15.0 Å². The molecule has 0 aliphatic heterocycles. The molecule has 10 nitrogen and oxygen atoms in total. The van der Waals surface area contributed by atoms with Gasteiger partial charge in [0.05, 0.1) is 25.7 Å². The van der Waals surface area contributed by atoms with Crippen molar-refractivity contribution in [1.82, 2.24) is 19.5 Å². The molecule has 2 aromatic rings. The van der Waals surface area contributed by atoms with Crippen LogP contribution in [0.3, 0.4) is 0 Å². The molecule has 0 bridgehead atoms. The van der Waals surface area contributed by atoms with Gasteiger partial charge in [-0.25, -0.2) is 9.97 Å². The number of hydrogen-bond acceptors (Lipinski definition) is 9. The number of esters is 2. The van der Waals surface area contributed by atoms with Crippen LogP contribution in [0, 0.1) is 11.8 Å². The standard InChI is InChI=1S/C20H32N6O4/c1-4-6-16(27)30-11-14(7-8-29-19(28)17(21)13(3)5-2)10-26-12-24-15-9-23-20(22)25-18(15)26/h9,12-14,17H,4-8,10-11,21H2,1-3H3,(H2,22,23,25)/t13-,14+,17-/m0/s1. The van der Waals surface area contributed by atoms with E-state index in [-0.39, 0.29) is 37.0 Å². The average Bonchev–Trinajstić information content (AvgIpc) is 3.12. The fourth-order valence-corrected chi connectivity index (χ4v) is 2.90. The molecule has 0 amide bonds. The van der Waals surface area contributed by atoms with E-state index in [1.54, 1.807) is 12.5 Å². The van der Waals surface area contributed by atoms with Crippen molar-refractivity contribution in [1.29, 1.82) is 0 Å². The Labute approximate surface area is 176 Å². The topological polar surface area (TPSA) is 148 Å². The molecule has 0 aliphatic rings. The molecule has 4 N–H and O–H groups in total. The molecule has 0 aromatic carbocycles. The van der Waals surface area contributed by atoms with Gasteiger partial charge < -0.3 is 25.5 Å². The van der Waals surface area contributed by atoms with Gasteiger partial charge >= 0.3 is 11.9 Å². The lowest BCUT2D eigenvalue weighted by molar-refractivity contribution is -0.149. The van der Waals surface area contributed by atoms with E-state index in [0.29, 0.717) is 30.6 Å². The molecule has 0 saturated heterocycles. The van der Waals surface area contributed by atoms with Crippen molar-refractivity contribution in [3.8, 4) is 0 Å². The monoisotopic (exact) mass is 420 g/mol. The number of nitrogen functional groups attached to an aromatic ring is 1. The number of aromatic nitrogens is 4. The molecular weight excluding hydrogens is 388 g/mol. The van der Waals surface area contributed by atoms with Gasteiger partial charge in [-0.1, -0.05) is 27.2 Å². The maximum atomic E-state index is 12.1. The maximum Gasteiger partial charge on any atom is 0.323 e. The van der Waals surface area contributed by atoms with Crippen LogP contribution >= 0.6 is 0 Å². The van der Waals surface area contributed by atoms with Crippen molar-refractivity contribution < 1.29 is 19.1 Å². The second-order valence-electron chi connectivity index (χ2n) is 7.50. The van der Waals surface area contributed by atoms with Crippen molar-refractivity contribution >= 4 is 29.1 Å². The molecule has 3 atom stereocenters. The molecule has 0 spiro atoms. The number of imidazole rings is 1. The van der Waals surface area contributed by atoms with Crippen molar-refractivity contribution in [3.63, 3.8) is 0 Å². The fraction of sp³-hybridized carbons (Fsp3) is 0.650. The lowest BCUT2D eigenvalue weighted by atomic mass is 10.0. The number of nitrogens with two attached hydrogens (primary N) is 2. The Balaban J connectivity index is 2.01. The molecular formula is C20H32N6O4. The predicted octanol–water partition coefficient (Wildman–Crippen LogP) is 1.67. The maximum absolute atomic E-state index is 12.1. The quantitative estimate of drug-likeness (QED) is 0.489. The fourth-order valence-electron chi connectivity index (χ4n) is 2.90. The Morgan fingerprint density at radius 2 is 2.00 bits per heavy atom. The Bertz CT molecular complexity index is 840. The van der Waals surface area contributed by atoms with E-state index >= 15 is 0 Å². The predicted molar refractivity (Wildman–Crippen MR) is 112 cm³/mol. The Morgan fingerprint density at radius 1 is 1.23 bits per heavy atom. The zero-order chi connectivity index (χ0) is 22.1. The van der Waals surface area contributed by atoms with Crippen LogP contribution in [0.15, 0.2) is 12.5 Å². The smallest absolute Gasteiger partial charge is 0.323 e. The molecule has 0 fully saturated rings. The van der Waals surface area contributed by atoms with Crippen LogP contribution in [-0.4, -0.2) is 50.7 Å². The number of hydrogen-bond donors (Lipinski definition) is 2. The second-order valence-corrected chi connectivity index (χ2v) is 7.50. The highest BCUT2D eigenvalue weighted by Crippen LogP contribution is 2.16. The molecule has 2 rings (SSSR count). The Hall–Kier alpha value is -2.75. The highest BCUT2D eigenvalue weighted by Gasteiger charge is 2.22. The number of ether oxygens (including phenoxy) is 2. The minimum atomic E-state index is -0.645. The molecule has 2 aromatic heterocycles. The zero-order valence-electron chi connectivity index (χ0n) is 17.9. The lowest BCUT2D eigenvalue weighted by Gasteiger charge is -2.20. The van der Waals surface area contributed by atoms with Gasteiger partial charge in [-0.2, -0.15) is 4.98 Å². The number of nitrogens with zero attached hydrogens (tertiary/aromatic N) is 4. The minimum absolute atomic E-state index is 0.0470. The highest BCUT2D eigenvalue weighted by molar-refractivity contribution is 5.75. The van der Waals surface area contributed by atoms with Gasteiger partial charge in [-0.15, -0.1) is 0 Å². The highest BCUT2D eigenvalue weighted by atomic mass is 16.5. The molecule has 30 heavy (non-hydrogen) atoms. The summed E-state index contributed by atoms with van der Waals surface area (Å²) in [7, 11) is 0. The summed E-state index contributed by atoms with van der Waals surface area (Å²) in [6, 6.07) is -0.645. The summed E-state index contributed by atoms with van der Waals surface area (Å²) in [5.74, 6) is -0.569. The Morgan fingerprint density at radius 3 is 2.70 bits per heavy atom. The van der Waals surface area contributed by atoms with Gasteiger partial charge in [0.15, 0.2) is 5.65 Å². The third-order valence-electron chi connectivity index (χ3n) is 5.07. The molecule has 2 heterocycles. The third-order valence-corrected chi connectivity index (χ3v) is 5.07. The summed E-state index contributed by atoms with van der Waals surface area (Å²) in [5.41, 5.74) is 12.8. The first-order valence-corrected chi connectivity index (χ1v) is 10.4. The summed E-state index contributed by atoms with van der Waals surface area (Å²) in [4.78, 5) is 36.4. The SMILES string of the molecule is CCCC(=O)OC[C@H](CCOC(=O)[C@@H](N)[C@@H](C)CC)Cn1cnc2cnc(N)nc21. The van der Waals surface area contributed by atoms with Crippen molar-refractivity contribution in [3.05, 3.63) is 12.5 Å². The van der Waals surface area contributed by atoms with E-state index in [0.717, 1.165) is 12.8 Å². The van der Waals surface area contributed by atoms with Crippen LogP contribution in [0.4, 0.5) is 5.95 Å². The van der Waals surface area contributed by atoms with Crippen LogP contribution in [0.1, 0.15) is 46.5 Å². The molecule has 166 valence electrons. The summed E-state index contributed by atoms with van der Waals surface area (Å²) in [6.07, 6.45) is 5.58. The molecule has 0 unspecified atom stereocenters. The van der Waals surface area contributed by atoms with E-state index in [4.69, 9.17) is 20.9 Å². The third kappa shape index (κ3) is 6.65. The van der Waals surface area contributed by atoms with Gasteiger partial charge in [-0.3, -0.25) is 9.59 Å². The molecule has 0 saturated carbocycles. The van der Waals surface area contributed by atoms with E-state index in [9.17, 15) is 9.59 Å². The molecule has 10 heteroatoms. The van der Waals surface area contributed by atoms with Gasteiger partial charge in [0, 0.05) is 18.9 Å². The van der Waals surface area contributed by atoms with E-state index < -0.39 is 12.0 Å². The summed E-state index contributed by atoms with van der Waals surface area (Å²) in [5, 5.41) is 0. The minimum Gasteiger partial charge on any atom is -0.465 e. The normalized spacial score (nSPS) is 14.3. The van der Waals surface area contributed by atoms with Crippen molar-refractivity contribution in [2.75, 3.05) is 18.9 Å². The Kier molecular flexibility index (Phi) is 8.97. The first-order valence-electron chi connectivity index (χ1n) is 10.4. The molecule has 0 aliphatic carbocycles. The largest absolute Gasteiger partial charge is 0.465 e. The summed E-state index contributed by atoms with van der Waals surface area (Å²) in [6.45, 7) is 6.67. The first-order chi connectivity index (χ1) is 14.3. The van der Waals surface area contributed by atoms with Crippen LogP contribution in [0.2, 0.25) is 0 Å². The van der Waals surface area contributed by atoms with Gasteiger partial charge in [0.25, 0.3) is 0 Å². The number of carbonyl (C=O) groups excluding carboxylic acids is 2. The van der Waals surface area contributed by atoms with Gasteiger partial charge in [-0.05, 0) is 18.8 Å². The average molecular weight is 421 g/mol. The van der Waals surface area contributed by atoms with E-state index in [1.165, 1.54) is 0 Å². The van der Waals surface area contributed by atoms with E-state index in [1.807, 2.05) is 25.3 Å². The number of fused-ring (bicyclic) bond motifs is 1. The first kappa shape index (κ1) is 23.5. The lowest BCUT2D eigenvalue weighted by Crippen LogP contribution is -2.38. The zero-order valence-corrected chi connectivity index (χ0v) is 17.9. The van der Waals surface area contributed by atoms with Crippen molar-refractivity contribution in [2.45, 2.75) is 59.0 Å². The van der Waals surface area contributed by atoms with Crippen LogP contribution < -0.4 is 11.5 Å².